The van der Waals surface area contributed by atoms with E-state index in [4.69, 9.17) is 5.73 Å². The minimum atomic E-state index is 0.0219. The van der Waals surface area contributed by atoms with Crippen LogP contribution in [0, 0.1) is 6.92 Å². The van der Waals surface area contributed by atoms with Gasteiger partial charge in [-0.05, 0) is 54.7 Å². The van der Waals surface area contributed by atoms with Crippen molar-refractivity contribution in [3.8, 4) is 0 Å². The maximum Gasteiger partial charge on any atom is 0.0485 e. The molecule has 0 radical (unpaired) electrons. The fourth-order valence-electron chi connectivity index (χ4n) is 2.98. The summed E-state index contributed by atoms with van der Waals surface area (Å²) < 4.78 is 1.09. The van der Waals surface area contributed by atoms with Gasteiger partial charge >= 0.3 is 0 Å². The van der Waals surface area contributed by atoms with Crippen molar-refractivity contribution in [1.82, 2.24) is 4.98 Å². The summed E-state index contributed by atoms with van der Waals surface area (Å²) in [5.41, 5.74) is 11.5. The smallest absolute Gasteiger partial charge is 0.0485 e. The minimum absolute atomic E-state index is 0.0219. The molecule has 0 bridgehead atoms. The summed E-state index contributed by atoms with van der Waals surface area (Å²) in [6.45, 7) is 2.12. The van der Waals surface area contributed by atoms with Gasteiger partial charge in [-0.25, -0.2) is 0 Å². The molecule has 0 saturated carbocycles. The number of fused-ring (bicyclic) bond motifs is 1. The van der Waals surface area contributed by atoms with Crippen molar-refractivity contribution >= 4 is 15.9 Å². The van der Waals surface area contributed by atoms with E-state index in [1.54, 1.807) is 0 Å². The first-order valence-corrected chi connectivity index (χ1v) is 7.41. The van der Waals surface area contributed by atoms with Gasteiger partial charge in [-0.2, -0.15) is 0 Å². The zero-order valence-electron chi connectivity index (χ0n) is 10.9. The van der Waals surface area contributed by atoms with Crippen molar-refractivity contribution in [3.63, 3.8) is 0 Å². The van der Waals surface area contributed by atoms with Crippen LogP contribution in [-0.2, 0) is 6.42 Å². The molecule has 1 heterocycles. The molecule has 2 atom stereocenters. The van der Waals surface area contributed by atoms with Crippen LogP contribution in [0.3, 0.4) is 0 Å². The summed E-state index contributed by atoms with van der Waals surface area (Å²) in [7, 11) is 0. The number of hydrogen-bond acceptors (Lipinski definition) is 2. The molecule has 1 aliphatic rings. The average Bonchev–Trinajstić information content (AvgIpc) is 2.84. The standard InChI is InChI=1S/C16H17BrN2/c1-10-4-6-12(17)9-14(10)15(18)13-7-5-11-3-2-8-19-16(11)13/h2-4,6,8-9,13,15H,5,7,18H2,1H3. The van der Waals surface area contributed by atoms with Gasteiger partial charge in [0.05, 0.1) is 0 Å². The van der Waals surface area contributed by atoms with E-state index >= 15 is 0 Å². The predicted octanol–water partition coefficient (Wildman–Crippen LogP) is 3.88. The van der Waals surface area contributed by atoms with Gasteiger partial charge in [0, 0.05) is 28.3 Å². The highest BCUT2D eigenvalue weighted by molar-refractivity contribution is 9.10. The van der Waals surface area contributed by atoms with Crippen LogP contribution in [0.25, 0.3) is 0 Å². The zero-order chi connectivity index (χ0) is 13.4. The number of benzene rings is 1. The molecule has 3 heteroatoms. The van der Waals surface area contributed by atoms with E-state index in [1.807, 2.05) is 12.3 Å². The van der Waals surface area contributed by atoms with Crippen LogP contribution in [0.2, 0.25) is 0 Å². The van der Waals surface area contributed by atoms with Crippen LogP contribution >= 0.6 is 15.9 Å². The molecule has 0 fully saturated rings. The Hall–Kier alpha value is -1.19. The van der Waals surface area contributed by atoms with E-state index < -0.39 is 0 Å². The molecule has 0 amide bonds. The van der Waals surface area contributed by atoms with Crippen LogP contribution in [-0.4, -0.2) is 4.98 Å². The molecular weight excluding hydrogens is 300 g/mol. The largest absolute Gasteiger partial charge is 0.323 e. The fraction of sp³-hybridized carbons (Fsp3) is 0.312. The second kappa shape index (κ2) is 5.06. The highest BCUT2D eigenvalue weighted by Gasteiger charge is 2.30. The van der Waals surface area contributed by atoms with Gasteiger partial charge in [0.1, 0.15) is 0 Å². The number of hydrogen-bond donors (Lipinski definition) is 1. The van der Waals surface area contributed by atoms with Gasteiger partial charge in [-0.3, -0.25) is 4.98 Å². The van der Waals surface area contributed by atoms with Gasteiger partial charge in [-0.1, -0.05) is 28.1 Å². The number of nitrogens with zero attached hydrogens (tertiary/aromatic N) is 1. The number of aryl methyl sites for hydroxylation is 2. The average molecular weight is 317 g/mol. The third-order valence-electron chi connectivity index (χ3n) is 4.04. The van der Waals surface area contributed by atoms with E-state index in [9.17, 15) is 0 Å². The van der Waals surface area contributed by atoms with Crippen molar-refractivity contribution in [1.29, 1.82) is 0 Å². The number of nitrogens with two attached hydrogens (primary N) is 1. The van der Waals surface area contributed by atoms with Crippen LogP contribution in [0.4, 0.5) is 0 Å². The molecule has 2 aromatic rings. The predicted molar refractivity (Wildman–Crippen MR) is 81.1 cm³/mol. The van der Waals surface area contributed by atoms with E-state index in [2.05, 4.69) is 52.1 Å². The Morgan fingerprint density at radius 2 is 2.21 bits per heavy atom. The first-order valence-electron chi connectivity index (χ1n) is 6.62. The van der Waals surface area contributed by atoms with Gasteiger partial charge in [-0.15, -0.1) is 0 Å². The molecule has 2 unspecified atom stereocenters. The molecule has 1 aromatic carbocycles. The lowest BCUT2D eigenvalue weighted by Crippen LogP contribution is -2.20. The van der Waals surface area contributed by atoms with Crippen LogP contribution < -0.4 is 5.73 Å². The summed E-state index contributed by atoms with van der Waals surface area (Å²) in [6.07, 6.45) is 4.06. The lowest BCUT2D eigenvalue weighted by atomic mass is 9.89. The van der Waals surface area contributed by atoms with Gasteiger partial charge in [0.2, 0.25) is 0 Å². The molecular formula is C16H17BrN2. The number of pyridine rings is 1. The Kier molecular flexibility index (Phi) is 3.42. The fourth-order valence-corrected chi connectivity index (χ4v) is 3.36. The first-order chi connectivity index (χ1) is 9.16. The third-order valence-corrected chi connectivity index (χ3v) is 4.53. The molecule has 98 valence electrons. The molecule has 2 nitrogen and oxygen atoms in total. The molecule has 0 aliphatic heterocycles. The Labute approximate surface area is 122 Å². The van der Waals surface area contributed by atoms with E-state index in [-0.39, 0.29) is 6.04 Å². The summed E-state index contributed by atoms with van der Waals surface area (Å²) in [5, 5.41) is 0. The second-order valence-electron chi connectivity index (χ2n) is 5.22. The SMILES string of the molecule is Cc1ccc(Br)cc1C(N)C1CCc2cccnc21. The van der Waals surface area contributed by atoms with Crippen molar-refractivity contribution in [2.45, 2.75) is 31.7 Å². The molecule has 3 rings (SSSR count). The van der Waals surface area contributed by atoms with Gasteiger partial charge in [0.15, 0.2) is 0 Å². The lowest BCUT2D eigenvalue weighted by Gasteiger charge is -2.22. The highest BCUT2D eigenvalue weighted by atomic mass is 79.9. The van der Waals surface area contributed by atoms with Crippen molar-refractivity contribution in [3.05, 3.63) is 63.4 Å². The molecule has 0 saturated heterocycles. The summed E-state index contributed by atoms with van der Waals surface area (Å²) >= 11 is 3.53. The summed E-state index contributed by atoms with van der Waals surface area (Å²) in [6, 6.07) is 10.5. The minimum Gasteiger partial charge on any atom is -0.323 e. The molecule has 19 heavy (non-hydrogen) atoms. The maximum absolute atomic E-state index is 6.52. The van der Waals surface area contributed by atoms with E-state index in [0.29, 0.717) is 5.92 Å². The Morgan fingerprint density at radius 3 is 3.05 bits per heavy atom. The Morgan fingerprint density at radius 1 is 1.37 bits per heavy atom. The van der Waals surface area contributed by atoms with E-state index in [0.717, 1.165) is 17.3 Å². The third kappa shape index (κ3) is 2.33. The molecule has 0 spiro atoms. The van der Waals surface area contributed by atoms with Crippen LogP contribution in [0.1, 0.15) is 40.8 Å². The molecule has 2 N–H and O–H groups in total. The summed E-state index contributed by atoms with van der Waals surface area (Å²) in [5.74, 6) is 0.337. The van der Waals surface area contributed by atoms with Gasteiger partial charge in [0.25, 0.3) is 0 Å². The topological polar surface area (TPSA) is 38.9 Å². The number of aromatic nitrogens is 1. The monoisotopic (exact) mass is 316 g/mol. The van der Waals surface area contributed by atoms with Gasteiger partial charge < -0.3 is 5.73 Å². The normalized spacial score (nSPS) is 19.2. The van der Waals surface area contributed by atoms with Crippen LogP contribution in [0.15, 0.2) is 41.0 Å². The second-order valence-corrected chi connectivity index (χ2v) is 6.14. The quantitative estimate of drug-likeness (QED) is 0.913. The summed E-state index contributed by atoms with van der Waals surface area (Å²) in [4.78, 5) is 4.55. The highest BCUT2D eigenvalue weighted by Crippen LogP contribution is 2.40. The Bertz CT molecular complexity index is 609. The number of rotatable bonds is 2. The van der Waals surface area contributed by atoms with Crippen LogP contribution in [0.5, 0.6) is 0 Å². The maximum atomic E-state index is 6.52. The van der Waals surface area contributed by atoms with E-state index in [1.165, 1.54) is 22.4 Å². The molecule has 1 aliphatic carbocycles. The first kappa shape index (κ1) is 12.8. The molecule has 1 aromatic heterocycles. The zero-order valence-corrected chi connectivity index (χ0v) is 12.5. The number of halogens is 1. The Balaban J connectivity index is 1.97. The lowest BCUT2D eigenvalue weighted by molar-refractivity contribution is 0.539. The van der Waals surface area contributed by atoms with Crippen molar-refractivity contribution in [2.24, 2.45) is 5.73 Å². The van der Waals surface area contributed by atoms with Crippen molar-refractivity contribution < 1.29 is 0 Å². The van der Waals surface area contributed by atoms with Crippen molar-refractivity contribution in [2.75, 3.05) is 0 Å².